The van der Waals surface area contributed by atoms with Crippen LogP contribution >= 0.6 is 0 Å². The molecule has 0 unspecified atom stereocenters. The molecule has 0 aromatic carbocycles. The number of unbranched alkanes of at least 4 members (excludes halogenated alkanes) is 4. The van der Waals surface area contributed by atoms with Crippen molar-refractivity contribution in [2.24, 2.45) is 0 Å². The van der Waals surface area contributed by atoms with Gasteiger partial charge in [0.25, 0.3) is 20.2 Å². The maximum atomic E-state index is 10.2. The van der Waals surface area contributed by atoms with E-state index in [2.05, 4.69) is 6.92 Å². The molecule has 0 aromatic rings. The Labute approximate surface area is 134 Å². The molecular formula is C14H28O6S2. The van der Waals surface area contributed by atoms with Crippen molar-refractivity contribution in [3.8, 4) is 0 Å². The molecule has 0 saturated heterocycles. The van der Waals surface area contributed by atoms with Crippen LogP contribution in [0.1, 0.15) is 65.7 Å². The second-order valence-corrected chi connectivity index (χ2v) is 7.53. The lowest BCUT2D eigenvalue weighted by atomic mass is 10.2. The van der Waals surface area contributed by atoms with Crippen molar-refractivity contribution in [2.75, 3.05) is 0 Å². The number of rotatable bonds is 9. The van der Waals surface area contributed by atoms with Gasteiger partial charge in [-0.3, -0.25) is 9.11 Å². The van der Waals surface area contributed by atoms with Crippen LogP contribution < -0.4 is 0 Å². The Morgan fingerprint density at radius 2 is 1.50 bits per heavy atom. The Hall–Kier alpha value is -0.700. The van der Waals surface area contributed by atoms with Gasteiger partial charge in [-0.15, -0.1) is 0 Å². The van der Waals surface area contributed by atoms with Crippen molar-refractivity contribution in [1.29, 1.82) is 0 Å². The normalized spacial score (nSPS) is 13.0. The Morgan fingerprint density at radius 1 is 0.909 bits per heavy atom. The topological polar surface area (TPSA) is 109 Å². The van der Waals surface area contributed by atoms with E-state index in [1.165, 1.54) is 18.9 Å². The van der Waals surface area contributed by atoms with E-state index in [0.29, 0.717) is 12.0 Å². The maximum Gasteiger partial charge on any atom is 0.287 e. The first-order chi connectivity index (χ1) is 10.0. The molecule has 0 atom stereocenters. The molecule has 2 N–H and O–H groups in total. The highest BCUT2D eigenvalue weighted by Gasteiger charge is 1.98. The lowest BCUT2D eigenvalue weighted by molar-refractivity contribution is 0.491. The average Bonchev–Trinajstić information content (AvgIpc) is 2.31. The van der Waals surface area contributed by atoms with Crippen molar-refractivity contribution in [3.63, 3.8) is 0 Å². The molecule has 0 aliphatic rings. The first kappa shape index (κ1) is 23.6. The van der Waals surface area contributed by atoms with E-state index < -0.39 is 20.2 Å². The molecular weight excluding hydrogens is 328 g/mol. The molecule has 0 bridgehead atoms. The summed E-state index contributed by atoms with van der Waals surface area (Å²) in [5.74, 6) is 0. The lowest BCUT2D eigenvalue weighted by Crippen LogP contribution is -1.91. The largest absolute Gasteiger partial charge is 0.287 e. The highest BCUT2D eigenvalue weighted by Crippen LogP contribution is 2.04. The van der Waals surface area contributed by atoms with E-state index >= 15 is 0 Å². The van der Waals surface area contributed by atoms with E-state index in [0.717, 1.165) is 36.5 Å². The van der Waals surface area contributed by atoms with Crippen LogP contribution in [-0.4, -0.2) is 25.9 Å². The molecule has 6 nitrogen and oxygen atoms in total. The molecule has 0 aromatic heterocycles. The fourth-order valence-corrected chi connectivity index (χ4v) is 2.59. The molecule has 132 valence electrons. The molecule has 22 heavy (non-hydrogen) atoms. The summed E-state index contributed by atoms with van der Waals surface area (Å²) in [7, 11) is -7.81. The molecule has 0 saturated carbocycles. The third-order valence-electron chi connectivity index (χ3n) is 2.49. The summed E-state index contributed by atoms with van der Waals surface area (Å²) in [5.41, 5.74) is 0.685. The smallest absolute Gasteiger partial charge is 0.282 e. The average molecular weight is 357 g/mol. The van der Waals surface area contributed by atoms with Crippen molar-refractivity contribution >= 4 is 20.2 Å². The minimum absolute atomic E-state index is 0.685. The van der Waals surface area contributed by atoms with Crippen LogP contribution in [0.3, 0.4) is 0 Å². The standard InChI is InChI=1S/C8H16O3S.C6H12O3S/c1-2-3-4-5-6-7-8-12(9,10)11;1-3-4-6(2)5-10(7,8)9/h7-8H,2-6H2,1H3,(H,9,10,11);5H,3-4H2,1-2H3,(H,7,8,9). The fraction of sp³-hybridized carbons (Fsp3) is 0.714. The van der Waals surface area contributed by atoms with Gasteiger partial charge in [-0.1, -0.05) is 51.2 Å². The molecule has 0 heterocycles. The van der Waals surface area contributed by atoms with E-state index in [9.17, 15) is 16.8 Å². The minimum Gasteiger partial charge on any atom is -0.282 e. The van der Waals surface area contributed by atoms with Crippen LogP contribution in [0.25, 0.3) is 0 Å². The van der Waals surface area contributed by atoms with Crippen molar-refractivity contribution in [1.82, 2.24) is 0 Å². The van der Waals surface area contributed by atoms with Gasteiger partial charge in [0.1, 0.15) is 0 Å². The van der Waals surface area contributed by atoms with Crippen LogP contribution in [0.4, 0.5) is 0 Å². The summed E-state index contributed by atoms with van der Waals surface area (Å²) in [6.45, 7) is 5.74. The fourth-order valence-electron chi connectivity index (χ4n) is 1.59. The maximum absolute atomic E-state index is 10.2. The predicted molar refractivity (Wildman–Crippen MR) is 89.7 cm³/mol. The first-order valence-electron chi connectivity index (χ1n) is 7.30. The van der Waals surface area contributed by atoms with Crippen LogP contribution in [-0.2, 0) is 20.2 Å². The highest BCUT2D eigenvalue weighted by atomic mass is 32.2. The van der Waals surface area contributed by atoms with E-state index in [-0.39, 0.29) is 0 Å². The van der Waals surface area contributed by atoms with Gasteiger partial charge in [-0.05, 0) is 26.2 Å². The molecule has 0 aliphatic carbocycles. The van der Waals surface area contributed by atoms with Crippen LogP contribution in [0, 0.1) is 0 Å². The summed E-state index contributed by atoms with van der Waals surface area (Å²) in [6.07, 6.45) is 8.26. The van der Waals surface area contributed by atoms with E-state index in [1.54, 1.807) is 6.92 Å². The van der Waals surface area contributed by atoms with Gasteiger partial charge in [0.2, 0.25) is 0 Å². The molecule has 8 heteroatoms. The summed E-state index contributed by atoms with van der Waals surface area (Å²) in [4.78, 5) is 0. The van der Waals surface area contributed by atoms with Crippen molar-refractivity contribution < 1.29 is 25.9 Å². The molecule has 0 amide bonds. The molecule has 0 radical (unpaired) electrons. The van der Waals surface area contributed by atoms with Crippen LogP contribution in [0.2, 0.25) is 0 Å². The van der Waals surface area contributed by atoms with Gasteiger partial charge < -0.3 is 0 Å². The Morgan fingerprint density at radius 3 is 1.91 bits per heavy atom. The number of hydrogen-bond donors (Lipinski definition) is 2. The Bertz CT molecular complexity index is 530. The second kappa shape index (κ2) is 12.8. The first-order valence-corrected chi connectivity index (χ1v) is 10.3. The third-order valence-corrected chi connectivity index (χ3v) is 3.72. The zero-order valence-electron chi connectivity index (χ0n) is 13.5. The second-order valence-electron chi connectivity index (χ2n) is 4.97. The SMILES string of the molecule is CCCC(C)=CS(=O)(=O)O.CCCCCCC=CS(=O)(=O)O. The van der Waals surface area contributed by atoms with Gasteiger partial charge in [-0.2, -0.15) is 16.8 Å². The summed E-state index contributed by atoms with van der Waals surface area (Å²) < 4.78 is 57.4. The number of allylic oxidation sites excluding steroid dienone is 2. The van der Waals surface area contributed by atoms with Crippen LogP contribution in [0.5, 0.6) is 0 Å². The lowest BCUT2D eigenvalue weighted by Gasteiger charge is -1.93. The van der Waals surface area contributed by atoms with E-state index in [4.69, 9.17) is 9.11 Å². The molecule has 0 fully saturated rings. The quantitative estimate of drug-likeness (QED) is 0.478. The Kier molecular flexibility index (Phi) is 13.7. The van der Waals surface area contributed by atoms with Crippen molar-refractivity contribution in [3.05, 3.63) is 22.5 Å². The van der Waals surface area contributed by atoms with Gasteiger partial charge in [0.15, 0.2) is 0 Å². The van der Waals surface area contributed by atoms with Gasteiger partial charge >= 0.3 is 0 Å². The van der Waals surface area contributed by atoms with Gasteiger partial charge in [0, 0.05) is 0 Å². The summed E-state index contributed by atoms with van der Waals surface area (Å²) >= 11 is 0. The number of hydrogen-bond acceptors (Lipinski definition) is 4. The monoisotopic (exact) mass is 356 g/mol. The Balaban J connectivity index is 0. The molecule has 0 aliphatic heterocycles. The molecule has 0 spiro atoms. The summed E-state index contributed by atoms with van der Waals surface area (Å²) in [5, 5.41) is 1.73. The zero-order chi connectivity index (χ0) is 17.6. The minimum atomic E-state index is -3.91. The third kappa shape index (κ3) is 24.3. The zero-order valence-corrected chi connectivity index (χ0v) is 15.2. The van der Waals surface area contributed by atoms with Crippen molar-refractivity contribution in [2.45, 2.75) is 65.7 Å². The predicted octanol–water partition coefficient (Wildman–Crippen LogP) is 3.94. The van der Waals surface area contributed by atoms with E-state index in [1.807, 2.05) is 6.92 Å². The molecule has 0 rings (SSSR count). The van der Waals surface area contributed by atoms with Gasteiger partial charge in [-0.25, -0.2) is 0 Å². The highest BCUT2D eigenvalue weighted by molar-refractivity contribution is 7.89. The van der Waals surface area contributed by atoms with Gasteiger partial charge in [0.05, 0.1) is 10.8 Å². The van der Waals surface area contributed by atoms with Crippen LogP contribution in [0.15, 0.2) is 22.5 Å². The summed E-state index contributed by atoms with van der Waals surface area (Å²) in [6, 6.07) is 0.